The maximum absolute atomic E-state index is 12.4. The van der Waals surface area contributed by atoms with E-state index in [2.05, 4.69) is 26.1 Å². The largest absolute Gasteiger partial charge is 0.369 e. The van der Waals surface area contributed by atoms with Crippen LogP contribution in [0.15, 0.2) is 4.47 Å². The van der Waals surface area contributed by atoms with Crippen molar-refractivity contribution < 1.29 is 9.59 Å². The van der Waals surface area contributed by atoms with E-state index in [9.17, 15) is 9.59 Å². The molecule has 1 aromatic heterocycles. The van der Waals surface area contributed by atoms with E-state index in [1.807, 2.05) is 0 Å². The van der Waals surface area contributed by atoms with Crippen molar-refractivity contribution in [3.05, 3.63) is 15.9 Å². The van der Waals surface area contributed by atoms with Crippen LogP contribution >= 0.6 is 15.9 Å². The summed E-state index contributed by atoms with van der Waals surface area (Å²) in [6.07, 6.45) is 2.92. The Morgan fingerprint density at radius 1 is 1.37 bits per heavy atom. The predicted octanol–water partition coefficient (Wildman–Crippen LogP) is 0.997. The fraction of sp³-hybridized carbons (Fsp3) is 0.583. The van der Waals surface area contributed by atoms with Crippen LogP contribution in [0, 0.1) is 5.92 Å². The van der Waals surface area contributed by atoms with Gasteiger partial charge in [0.2, 0.25) is 5.91 Å². The van der Waals surface area contributed by atoms with Gasteiger partial charge in [-0.2, -0.15) is 5.10 Å². The quantitative estimate of drug-likeness (QED) is 0.867. The van der Waals surface area contributed by atoms with Crippen molar-refractivity contribution in [1.29, 1.82) is 0 Å². The van der Waals surface area contributed by atoms with Gasteiger partial charge in [0.15, 0.2) is 5.69 Å². The minimum atomic E-state index is -0.338. The molecule has 6 nitrogen and oxygen atoms in total. The number of carbonyl (C=O) groups is 2. The molecule has 2 amide bonds. The number of aromatic nitrogens is 2. The smallest absolute Gasteiger partial charge is 0.275 e. The minimum Gasteiger partial charge on any atom is -0.369 e. The second-order valence-corrected chi connectivity index (χ2v) is 6.01. The normalized spacial score (nSPS) is 22.8. The molecule has 19 heavy (non-hydrogen) atoms. The van der Waals surface area contributed by atoms with Crippen molar-refractivity contribution >= 4 is 27.7 Å². The molecule has 0 aromatic carbocycles. The Hall–Kier alpha value is -1.37. The van der Waals surface area contributed by atoms with Gasteiger partial charge in [0.1, 0.15) is 0 Å². The first-order valence-corrected chi connectivity index (χ1v) is 7.19. The Morgan fingerprint density at radius 3 is 2.68 bits per heavy atom. The van der Waals surface area contributed by atoms with Gasteiger partial charge in [0, 0.05) is 19.0 Å². The van der Waals surface area contributed by atoms with Crippen LogP contribution in [0.4, 0.5) is 0 Å². The molecule has 3 N–H and O–H groups in total. The van der Waals surface area contributed by atoms with E-state index in [1.54, 1.807) is 4.90 Å². The number of hydrogen-bond donors (Lipinski definition) is 2. The summed E-state index contributed by atoms with van der Waals surface area (Å²) in [6, 6.07) is 0. The zero-order valence-corrected chi connectivity index (χ0v) is 11.9. The van der Waals surface area contributed by atoms with E-state index in [0.717, 1.165) is 23.0 Å². The summed E-state index contributed by atoms with van der Waals surface area (Å²) in [5.41, 5.74) is 6.69. The Kier molecular flexibility index (Phi) is 3.08. The number of H-pyrrole nitrogens is 1. The summed E-state index contributed by atoms with van der Waals surface area (Å²) in [6.45, 7) is 0.955. The third-order valence-corrected chi connectivity index (χ3v) is 4.60. The van der Waals surface area contributed by atoms with E-state index in [4.69, 9.17) is 5.73 Å². The number of hydrogen-bond acceptors (Lipinski definition) is 3. The lowest BCUT2D eigenvalue weighted by Gasteiger charge is -2.14. The van der Waals surface area contributed by atoms with Crippen LogP contribution in [0.2, 0.25) is 0 Å². The lowest BCUT2D eigenvalue weighted by atomic mass is 10.1. The molecule has 3 rings (SSSR count). The highest BCUT2D eigenvalue weighted by molar-refractivity contribution is 9.10. The SMILES string of the molecule is NC(=O)[C@H]1CCN(C(=O)c2n[nH]c(C3CC3)c2Br)C1. The van der Waals surface area contributed by atoms with Crippen molar-refractivity contribution in [2.45, 2.75) is 25.2 Å². The van der Waals surface area contributed by atoms with Gasteiger partial charge in [-0.3, -0.25) is 14.7 Å². The third-order valence-electron chi connectivity index (χ3n) is 3.80. The second kappa shape index (κ2) is 4.63. The second-order valence-electron chi connectivity index (χ2n) is 5.21. The van der Waals surface area contributed by atoms with Crippen molar-refractivity contribution in [2.24, 2.45) is 11.7 Å². The third kappa shape index (κ3) is 2.27. The zero-order chi connectivity index (χ0) is 13.6. The fourth-order valence-corrected chi connectivity index (χ4v) is 3.12. The monoisotopic (exact) mass is 326 g/mol. The molecule has 2 fully saturated rings. The number of likely N-dealkylation sites (tertiary alicyclic amines) is 1. The Labute approximate surface area is 118 Å². The van der Waals surface area contributed by atoms with Crippen LogP contribution in [0.3, 0.4) is 0 Å². The van der Waals surface area contributed by atoms with Gasteiger partial charge in [0.25, 0.3) is 5.91 Å². The molecule has 1 atom stereocenters. The number of amides is 2. The average Bonchev–Trinajstić information content (AvgIpc) is 2.96. The molecule has 1 saturated carbocycles. The molecule has 1 saturated heterocycles. The van der Waals surface area contributed by atoms with Gasteiger partial charge in [-0.25, -0.2) is 0 Å². The molecule has 2 aliphatic rings. The van der Waals surface area contributed by atoms with Crippen LogP contribution < -0.4 is 5.73 Å². The molecule has 0 bridgehead atoms. The topological polar surface area (TPSA) is 92.1 Å². The van der Waals surface area contributed by atoms with Gasteiger partial charge in [0.05, 0.1) is 16.1 Å². The molecule has 1 aliphatic carbocycles. The van der Waals surface area contributed by atoms with Gasteiger partial charge >= 0.3 is 0 Å². The summed E-state index contributed by atoms with van der Waals surface area (Å²) in [7, 11) is 0. The highest BCUT2D eigenvalue weighted by Gasteiger charge is 2.35. The van der Waals surface area contributed by atoms with Crippen LogP contribution in [0.5, 0.6) is 0 Å². The van der Waals surface area contributed by atoms with Crippen molar-refractivity contribution in [3.63, 3.8) is 0 Å². The Bertz CT molecular complexity index is 538. The summed E-state index contributed by atoms with van der Waals surface area (Å²) in [5.74, 6) is -0.209. The van der Waals surface area contributed by atoms with E-state index >= 15 is 0 Å². The van der Waals surface area contributed by atoms with Crippen molar-refractivity contribution in [2.75, 3.05) is 13.1 Å². The van der Waals surface area contributed by atoms with E-state index in [-0.39, 0.29) is 17.7 Å². The average molecular weight is 327 g/mol. The molecule has 2 heterocycles. The molecule has 102 valence electrons. The predicted molar refractivity (Wildman–Crippen MR) is 71.5 cm³/mol. The number of nitrogens with one attached hydrogen (secondary N) is 1. The maximum Gasteiger partial charge on any atom is 0.275 e. The lowest BCUT2D eigenvalue weighted by Crippen LogP contribution is -2.32. The summed E-state index contributed by atoms with van der Waals surface area (Å²) < 4.78 is 0.766. The van der Waals surface area contributed by atoms with Crippen molar-refractivity contribution in [3.8, 4) is 0 Å². The van der Waals surface area contributed by atoms with Gasteiger partial charge in [-0.1, -0.05) is 0 Å². The summed E-state index contributed by atoms with van der Waals surface area (Å²) in [5, 5.41) is 7.05. The number of aromatic amines is 1. The molecule has 0 spiro atoms. The molecule has 0 radical (unpaired) electrons. The number of halogens is 1. The van der Waals surface area contributed by atoms with Crippen LogP contribution in [-0.2, 0) is 4.79 Å². The number of nitrogens with zero attached hydrogens (tertiary/aromatic N) is 2. The molecule has 1 aromatic rings. The number of rotatable bonds is 3. The molecule has 1 aliphatic heterocycles. The molecular formula is C12H15BrN4O2. The summed E-state index contributed by atoms with van der Waals surface area (Å²) in [4.78, 5) is 25.1. The number of carbonyl (C=O) groups excluding carboxylic acids is 2. The number of primary amides is 1. The zero-order valence-electron chi connectivity index (χ0n) is 10.4. The van der Waals surface area contributed by atoms with E-state index in [1.165, 1.54) is 0 Å². The fourth-order valence-electron chi connectivity index (χ4n) is 2.45. The minimum absolute atomic E-state index is 0.140. The van der Waals surface area contributed by atoms with Crippen LogP contribution in [-0.4, -0.2) is 40.0 Å². The number of nitrogens with two attached hydrogens (primary N) is 1. The molecular weight excluding hydrogens is 312 g/mol. The standard InChI is InChI=1S/C12H15BrN4O2/c13-8-9(6-1-2-6)15-16-10(8)12(19)17-4-3-7(5-17)11(14)18/h6-7H,1-5H2,(H2,14,18)(H,15,16)/t7-/m0/s1. The van der Waals surface area contributed by atoms with Gasteiger partial charge in [-0.05, 0) is 35.2 Å². The van der Waals surface area contributed by atoms with Crippen LogP contribution in [0.25, 0.3) is 0 Å². The molecule has 0 unspecified atom stereocenters. The highest BCUT2D eigenvalue weighted by atomic mass is 79.9. The van der Waals surface area contributed by atoms with Gasteiger partial charge in [-0.15, -0.1) is 0 Å². The lowest BCUT2D eigenvalue weighted by molar-refractivity contribution is -0.121. The summed E-state index contributed by atoms with van der Waals surface area (Å²) >= 11 is 3.45. The van der Waals surface area contributed by atoms with E-state index < -0.39 is 0 Å². The molecule has 7 heteroatoms. The van der Waals surface area contributed by atoms with E-state index in [0.29, 0.717) is 31.1 Å². The first-order valence-electron chi connectivity index (χ1n) is 6.40. The van der Waals surface area contributed by atoms with Crippen LogP contribution in [0.1, 0.15) is 41.4 Å². The van der Waals surface area contributed by atoms with Crippen molar-refractivity contribution in [1.82, 2.24) is 15.1 Å². The first kappa shape index (κ1) is 12.7. The highest BCUT2D eigenvalue weighted by Crippen LogP contribution is 2.43. The van der Waals surface area contributed by atoms with Gasteiger partial charge < -0.3 is 10.6 Å². The Morgan fingerprint density at radius 2 is 2.11 bits per heavy atom. The Balaban J connectivity index is 1.75. The first-order chi connectivity index (χ1) is 9.08. The maximum atomic E-state index is 12.4.